The Hall–Kier alpha value is -2.11. The molecule has 0 bridgehead atoms. The Labute approximate surface area is 301 Å². The fraction of sp³-hybridized carbons (Fsp3) is 0.737. The van der Waals surface area contributed by atoms with Crippen LogP contribution in [0.25, 0.3) is 0 Å². The summed E-state index contributed by atoms with van der Waals surface area (Å²) in [5.74, 6) is -0.341. The number of hydrogen-bond donors (Lipinski definition) is 4. The lowest BCUT2D eigenvalue weighted by Gasteiger charge is -2.20. The highest BCUT2D eigenvalue weighted by Gasteiger charge is 2.27. The van der Waals surface area contributed by atoms with E-state index in [2.05, 4.69) is 31.4 Å². The Morgan fingerprint density at radius 3 is 2.12 bits per heavy atom. The lowest BCUT2D eigenvalue weighted by Crippen LogP contribution is -2.29. The van der Waals surface area contributed by atoms with E-state index >= 15 is 0 Å². The maximum absolute atomic E-state index is 12.5. The molecule has 0 aliphatic heterocycles. The first-order valence-electron chi connectivity index (χ1n) is 18.6. The molecule has 4 N–H and O–H groups in total. The third-order valence-electron chi connectivity index (χ3n) is 7.49. The van der Waals surface area contributed by atoms with Gasteiger partial charge in [-0.15, -0.1) is 0 Å². The monoisotopic (exact) mass is 730 g/mol. The summed E-state index contributed by atoms with van der Waals surface area (Å²) in [6.07, 6.45) is 27.2. The van der Waals surface area contributed by atoms with Gasteiger partial charge in [0.2, 0.25) is 0 Å². The zero-order chi connectivity index (χ0) is 37.3. The minimum Gasteiger partial charge on any atom is -0.462 e. The third-order valence-corrected chi connectivity index (χ3v) is 8.45. The number of esters is 2. The van der Waals surface area contributed by atoms with E-state index in [1.54, 1.807) is 6.08 Å². The first kappa shape index (κ1) is 47.9. The van der Waals surface area contributed by atoms with Crippen LogP contribution < -0.4 is 0 Å². The normalized spacial score (nSPS) is 15.4. The van der Waals surface area contributed by atoms with Gasteiger partial charge in [-0.3, -0.25) is 18.6 Å². The summed E-state index contributed by atoms with van der Waals surface area (Å²) < 4.78 is 32.4. The van der Waals surface area contributed by atoms with Gasteiger partial charge in [-0.2, -0.15) is 0 Å². The van der Waals surface area contributed by atoms with E-state index in [0.717, 1.165) is 25.7 Å². The molecule has 0 heterocycles. The second-order valence-corrected chi connectivity index (χ2v) is 14.4. The lowest BCUT2D eigenvalue weighted by atomic mass is 10.0. The molecular weight excluding hydrogens is 663 g/mol. The molecule has 50 heavy (non-hydrogen) atoms. The Kier molecular flexibility index (Phi) is 31.4. The van der Waals surface area contributed by atoms with Gasteiger partial charge in [0.05, 0.1) is 25.9 Å². The molecule has 0 spiro atoms. The SMILES string of the molecule is CCCCC/C=C\C=C/[C@@H](O)C/C=C\C/C=C/CCCC(=O)OC[C@H](COP(=O)(O)OC[C@@H](O)CO)OC(=O)CCCCCCCCC(C)C. The van der Waals surface area contributed by atoms with Crippen molar-refractivity contribution in [3.63, 3.8) is 0 Å². The molecule has 4 atom stereocenters. The van der Waals surface area contributed by atoms with Crippen LogP contribution in [0, 0.1) is 5.92 Å². The first-order valence-corrected chi connectivity index (χ1v) is 20.1. The zero-order valence-electron chi connectivity index (χ0n) is 30.9. The van der Waals surface area contributed by atoms with Crippen LogP contribution in [0.2, 0.25) is 0 Å². The fourth-order valence-corrected chi connectivity index (χ4v) is 5.33. The van der Waals surface area contributed by atoms with Gasteiger partial charge in [-0.05, 0) is 50.9 Å². The van der Waals surface area contributed by atoms with Crippen molar-refractivity contribution in [3.8, 4) is 0 Å². The minimum atomic E-state index is -4.63. The van der Waals surface area contributed by atoms with Crippen LogP contribution >= 0.6 is 7.82 Å². The number of phosphoric acid groups is 1. The number of ether oxygens (including phenoxy) is 2. The molecule has 0 radical (unpaired) electrons. The average Bonchev–Trinajstić information content (AvgIpc) is 3.08. The van der Waals surface area contributed by atoms with E-state index in [0.29, 0.717) is 38.0 Å². The topological polar surface area (TPSA) is 169 Å². The average molecular weight is 731 g/mol. The number of carbonyl (C=O) groups is 2. The molecule has 0 aromatic heterocycles. The standard InChI is InChI=1S/C38H67O11P/c1-4-5-6-7-9-15-20-25-34(40)26-21-16-10-8-11-17-22-27-37(42)46-31-36(32-48-50(44,45)47-30-35(41)29-39)49-38(43)28-23-18-13-12-14-19-24-33(2)3/h8-9,11,15-16,20-21,25,33-36,39-41H,4-7,10,12-14,17-19,22-24,26-32H2,1-3H3,(H,44,45)/b11-8+,15-9-,21-16-,25-20-/t34-,35+,36-/m1/s1. The number of aliphatic hydroxyl groups excluding tert-OH is 3. The van der Waals surface area contributed by atoms with Crippen LogP contribution in [0.3, 0.4) is 0 Å². The number of aliphatic hydroxyl groups is 3. The van der Waals surface area contributed by atoms with Crippen molar-refractivity contribution in [1.29, 1.82) is 0 Å². The van der Waals surface area contributed by atoms with Crippen molar-refractivity contribution >= 4 is 19.8 Å². The molecule has 0 aliphatic rings. The molecular formula is C38H67O11P. The van der Waals surface area contributed by atoms with Crippen molar-refractivity contribution in [2.75, 3.05) is 26.4 Å². The number of hydrogen-bond acceptors (Lipinski definition) is 10. The molecule has 290 valence electrons. The largest absolute Gasteiger partial charge is 0.472 e. The van der Waals surface area contributed by atoms with Crippen LogP contribution in [0.15, 0.2) is 48.6 Å². The predicted molar refractivity (Wildman–Crippen MR) is 197 cm³/mol. The smallest absolute Gasteiger partial charge is 0.462 e. The summed E-state index contributed by atoms with van der Waals surface area (Å²) in [5.41, 5.74) is 0. The summed E-state index contributed by atoms with van der Waals surface area (Å²) in [7, 11) is -4.63. The molecule has 0 rings (SSSR count). The molecule has 0 saturated heterocycles. The molecule has 0 saturated carbocycles. The number of rotatable bonds is 33. The van der Waals surface area contributed by atoms with E-state index in [1.807, 2.05) is 36.5 Å². The van der Waals surface area contributed by atoms with Crippen LogP contribution in [-0.4, -0.2) is 76.9 Å². The van der Waals surface area contributed by atoms with E-state index in [4.69, 9.17) is 19.1 Å². The van der Waals surface area contributed by atoms with E-state index in [-0.39, 0.29) is 19.4 Å². The Morgan fingerprint density at radius 2 is 1.40 bits per heavy atom. The predicted octanol–water partition coefficient (Wildman–Crippen LogP) is 7.82. The molecule has 0 fully saturated rings. The number of phosphoric ester groups is 1. The van der Waals surface area contributed by atoms with Crippen molar-refractivity contribution in [2.45, 2.75) is 148 Å². The molecule has 0 aromatic carbocycles. The van der Waals surface area contributed by atoms with Gasteiger partial charge < -0.3 is 29.7 Å². The Balaban J connectivity index is 4.52. The number of carbonyl (C=O) groups excluding carboxylic acids is 2. The molecule has 0 amide bonds. The van der Waals surface area contributed by atoms with Gasteiger partial charge in [0, 0.05) is 12.8 Å². The van der Waals surface area contributed by atoms with Gasteiger partial charge >= 0.3 is 19.8 Å². The highest BCUT2D eigenvalue weighted by atomic mass is 31.2. The van der Waals surface area contributed by atoms with Crippen molar-refractivity contribution in [3.05, 3.63) is 48.6 Å². The summed E-state index contributed by atoms with van der Waals surface area (Å²) in [4.78, 5) is 34.7. The second-order valence-electron chi connectivity index (χ2n) is 12.9. The number of allylic oxidation sites excluding steroid dienone is 6. The molecule has 1 unspecified atom stereocenters. The van der Waals surface area contributed by atoms with Crippen molar-refractivity contribution in [1.82, 2.24) is 0 Å². The van der Waals surface area contributed by atoms with Gasteiger partial charge in [0.1, 0.15) is 12.7 Å². The van der Waals surface area contributed by atoms with Crippen LogP contribution in [-0.2, 0) is 32.7 Å². The second kappa shape index (κ2) is 32.8. The van der Waals surface area contributed by atoms with E-state index in [1.165, 1.54) is 38.5 Å². The van der Waals surface area contributed by atoms with Gasteiger partial charge in [0.15, 0.2) is 6.10 Å². The fourth-order valence-electron chi connectivity index (χ4n) is 4.54. The van der Waals surface area contributed by atoms with Crippen LogP contribution in [0.5, 0.6) is 0 Å². The zero-order valence-corrected chi connectivity index (χ0v) is 31.8. The van der Waals surface area contributed by atoms with Crippen molar-refractivity contribution < 1.29 is 52.9 Å². The summed E-state index contributed by atoms with van der Waals surface area (Å²) >= 11 is 0. The minimum absolute atomic E-state index is 0.130. The molecule has 11 nitrogen and oxygen atoms in total. The Bertz CT molecular complexity index is 1010. The van der Waals surface area contributed by atoms with E-state index in [9.17, 15) is 29.3 Å². The highest BCUT2D eigenvalue weighted by molar-refractivity contribution is 7.47. The third kappa shape index (κ3) is 33.1. The van der Waals surface area contributed by atoms with Crippen LogP contribution in [0.1, 0.15) is 130 Å². The van der Waals surface area contributed by atoms with E-state index < -0.39 is 57.9 Å². The van der Waals surface area contributed by atoms with Crippen LogP contribution in [0.4, 0.5) is 0 Å². The maximum atomic E-state index is 12.5. The van der Waals surface area contributed by atoms with Crippen molar-refractivity contribution in [2.24, 2.45) is 5.92 Å². The summed E-state index contributed by atoms with van der Waals surface area (Å²) in [6.45, 7) is 4.37. The van der Waals surface area contributed by atoms with Gasteiger partial charge in [-0.25, -0.2) is 4.57 Å². The summed E-state index contributed by atoms with van der Waals surface area (Å²) in [5, 5.41) is 28.3. The van der Waals surface area contributed by atoms with Gasteiger partial charge in [0.25, 0.3) is 0 Å². The molecule has 0 aliphatic carbocycles. The Morgan fingerprint density at radius 1 is 0.740 bits per heavy atom. The van der Waals surface area contributed by atoms with Gasteiger partial charge in [-0.1, -0.05) is 121 Å². The molecule has 12 heteroatoms. The quantitative estimate of drug-likeness (QED) is 0.0171. The lowest BCUT2D eigenvalue weighted by molar-refractivity contribution is -0.161. The first-order chi connectivity index (χ1) is 24.0. The highest BCUT2D eigenvalue weighted by Crippen LogP contribution is 2.43. The summed E-state index contributed by atoms with van der Waals surface area (Å²) in [6, 6.07) is 0. The number of unbranched alkanes of at least 4 members (excludes halogenated alkanes) is 9. The molecule has 0 aromatic rings. The maximum Gasteiger partial charge on any atom is 0.472 e.